The molecule has 0 saturated carbocycles. The second-order valence-electron chi connectivity index (χ2n) is 12.0. The molecule has 0 bridgehead atoms. The van der Waals surface area contributed by atoms with E-state index in [1.165, 1.54) is 0 Å². The molecule has 8 heteroatoms. The zero-order valence-corrected chi connectivity index (χ0v) is 25.2. The van der Waals surface area contributed by atoms with Crippen LogP contribution in [0, 0.1) is 23.7 Å². The van der Waals surface area contributed by atoms with Crippen LogP contribution in [-0.4, -0.2) is 80.3 Å². The number of hydrogen-bond acceptors (Lipinski definition) is 8. The molecule has 228 valence electrons. The van der Waals surface area contributed by atoms with E-state index in [2.05, 4.69) is 0 Å². The van der Waals surface area contributed by atoms with E-state index < -0.39 is 60.7 Å². The molecule has 1 fully saturated rings. The van der Waals surface area contributed by atoms with Crippen LogP contribution in [0.3, 0.4) is 0 Å². The fourth-order valence-electron chi connectivity index (χ4n) is 5.11. The minimum Gasteiger partial charge on any atom is -0.458 e. The summed E-state index contributed by atoms with van der Waals surface area (Å²) in [6.45, 7) is 12.6. The average Bonchev–Trinajstić information content (AvgIpc) is 3.70. The third kappa shape index (κ3) is 10.2. The number of epoxide rings is 1. The maximum Gasteiger partial charge on any atom is 0.334 e. The molecule has 0 radical (unpaired) electrons. The van der Waals surface area contributed by atoms with Crippen molar-refractivity contribution < 1.29 is 39.8 Å². The van der Waals surface area contributed by atoms with Gasteiger partial charge in [-0.1, -0.05) is 63.6 Å². The molecule has 8 nitrogen and oxygen atoms in total. The molecule has 12 atom stereocenters. The molecule has 2 rings (SSSR count). The van der Waals surface area contributed by atoms with Crippen LogP contribution < -0.4 is 0 Å². The number of ether oxygens (including phenoxy) is 2. The van der Waals surface area contributed by atoms with Crippen LogP contribution >= 0.6 is 0 Å². The van der Waals surface area contributed by atoms with E-state index >= 15 is 0 Å². The maximum atomic E-state index is 12.9. The van der Waals surface area contributed by atoms with Gasteiger partial charge >= 0.3 is 5.97 Å². The highest BCUT2D eigenvalue weighted by atomic mass is 16.6. The van der Waals surface area contributed by atoms with Crippen LogP contribution in [-0.2, 0) is 14.3 Å². The number of carbonyl (C=O) groups is 1. The lowest BCUT2D eigenvalue weighted by atomic mass is 9.85. The van der Waals surface area contributed by atoms with Crippen molar-refractivity contribution in [1.82, 2.24) is 0 Å². The number of fused-ring (bicyclic) bond motifs is 1. The number of hydrogen-bond donors (Lipinski definition) is 5. The summed E-state index contributed by atoms with van der Waals surface area (Å²) >= 11 is 0. The average molecular weight is 565 g/mol. The summed E-state index contributed by atoms with van der Waals surface area (Å²) in [5, 5.41) is 51.8. The summed E-state index contributed by atoms with van der Waals surface area (Å²) in [4.78, 5) is 12.9. The van der Waals surface area contributed by atoms with E-state index in [4.69, 9.17) is 9.47 Å². The van der Waals surface area contributed by atoms with Gasteiger partial charge in [0.15, 0.2) is 0 Å². The van der Waals surface area contributed by atoms with Crippen LogP contribution in [0.1, 0.15) is 74.1 Å². The minimum absolute atomic E-state index is 0.0140. The second kappa shape index (κ2) is 16.0. The van der Waals surface area contributed by atoms with Crippen molar-refractivity contribution in [3.8, 4) is 0 Å². The molecule has 0 unspecified atom stereocenters. The summed E-state index contributed by atoms with van der Waals surface area (Å²) in [5.41, 5.74) is 1.30. The molecule has 40 heavy (non-hydrogen) atoms. The largest absolute Gasteiger partial charge is 0.458 e. The monoisotopic (exact) mass is 564 g/mol. The lowest BCUT2D eigenvalue weighted by Crippen LogP contribution is -2.38. The van der Waals surface area contributed by atoms with Gasteiger partial charge in [0.1, 0.15) is 18.3 Å². The topological polar surface area (TPSA) is 140 Å². The van der Waals surface area contributed by atoms with Gasteiger partial charge in [0, 0.05) is 29.7 Å². The van der Waals surface area contributed by atoms with Gasteiger partial charge in [-0.3, -0.25) is 0 Å². The van der Waals surface area contributed by atoms with Gasteiger partial charge in [0.25, 0.3) is 0 Å². The van der Waals surface area contributed by atoms with Crippen molar-refractivity contribution >= 4 is 5.97 Å². The molecule has 1 saturated heterocycles. The van der Waals surface area contributed by atoms with E-state index in [9.17, 15) is 30.3 Å². The third-order valence-corrected chi connectivity index (χ3v) is 8.41. The van der Waals surface area contributed by atoms with Gasteiger partial charge < -0.3 is 35.0 Å². The molecule has 0 spiro atoms. The molecule has 0 aromatic heterocycles. The second-order valence-corrected chi connectivity index (χ2v) is 12.0. The Kier molecular flexibility index (Phi) is 13.7. The molecule has 2 heterocycles. The van der Waals surface area contributed by atoms with Crippen molar-refractivity contribution in [2.45, 2.75) is 123 Å². The lowest BCUT2D eigenvalue weighted by molar-refractivity contribution is -0.146. The Morgan fingerprint density at radius 2 is 1.57 bits per heavy atom. The molecular formula is C32H52O8. The summed E-state index contributed by atoms with van der Waals surface area (Å²) in [5.74, 6) is -1.36. The molecule has 2 aliphatic rings. The number of rotatable bonds is 9. The number of aliphatic hydroxyl groups excluding tert-OH is 5. The Morgan fingerprint density at radius 1 is 0.950 bits per heavy atom. The summed E-state index contributed by atoms with van der Waals surface area (Å²) in [6, 6.07) is 0. The minimum atomic E-state index is -0.814. The molecule has 0 aromatic carbocycles. The van der Waals surface area contributed by atoms with Crippen molar-refractivity contribution in [1.29, 1.82) is 0 Å². The van der Waals surface area contributed by atoms with E-state index in [1.54, 1.807) is 33.8 Å². The molecule has 0 aliphatic carbocycles. The fourth-order valence-corrected chi connectivity index (χ4v) is 5.11. The van der Waals surface area contributed by atoms with Crippen molar-refractivity contribution in [2.24, 2.45) is 23.7 Å². The van der Waals surface area contributed by atoms with Crippen LogP contribution in [0.15, 0.2) is 47.6 Å². The van der Waals surface area contributed by atoms with Gasteiger partial charge in [0.2, 0.25) is 0 Å². The Hall–Kier alpha value is -1.81. The molecule has 0 amide bonds. The van der Waals surface area contributed by atoms with Gasteiger partial charge in [-0.25, -0.2) is 4.79 Å². The van der Waals surface area contributed by atoms with E-state index in [-0.39, 0.29) is 17.8 Å². The third-order valence-electron chi connectivity index (χ3n) is 8.41. The van der Waals surface area contributed by atoms with E-state index in [0.717, 1.165) is 5.57 Å². The standard InChI is InChI=1S/C32H52O8/c1-18-16-20(3)28(36)31-30(40-31)26(35)14-10-11-15-27(39-32(38)21(4)17-18)19(2)12-8-9-13-25(34)23(6)29(37)22(5)24(7)33/h8-11,16-17,19-20,22-31,33-37H,12-15H2,1-7H3/b9-8+,11-10+,18-16+,21-17+/t19-,20+,22-,23+,24-,25-,26+,27-,28-,29+,30-,31-/m0/s1. The smallest absolute Gasteiger partial charge is 0.334 e. The summed E-state index contributed by atoms with van der Waals surface area (Å²) < 4.78 is 11.5. The maximum absolute atomic E-state index is 12.9. The fraction of sp³-hybridized carbons (Fsp3) is 0.719. The number of carbonyl (C=O) groups excluding carboxylic acids is 1. The highest BCUT2D eigenvalue weighted by Crippen LogP contribution is 2.34. The Balaban J connectivity index is 2.07. The predicted octanol–water partition coefficient (Wildman–Crippen LogP) is 3.61. The van der Waals surface area contributed by atoms with Crippen molar-refractivity contribution in [2.75, 3.05) is 0 Å². The van der Waals surface area contributed by atoms with Gasteiger partial charge in [-0.15, -0.1) is 0 Å². The lowest BCUT2D eigenvalue weighted by Gasteiger charge is -2.29. The number of esters is 1. The van der Waals surface area contributed by atoms with Crippen LogP contribution in [0.25, 0.3) is 0 Å². The Morgan fingerprint density at radius 3 is 2.23 bits per heavy atom. The normalized spacial score (nSPS) is 36.5. The summed E-state index contributed by atoms with van der Waals surface area (Å²) in [6.07, 6.45) is 8.20. The van der Waals surface area contributed by atoms with Crippen LogP contribution in [0.5, 0.6) is 0 Å². The highest BCUT2D eigenvalue weighted by Gasteiger charge is 2.49. The SMILES string of the molecule is CC1=C\[C@@H](C)[C@H](O)[C@@H]2O[C@H]2[C@H](O)C/C=C/C[C@@H]([C@@H](C)C/C=C/C[C@H](O)[C@@H](C)[C@H](O)[C@@H](C)[C@H](C)O)OC(=O)\C(C)=C\1. The Labute approximate surface area is 240 Å². The zero-order chi connectivity index (χ0) is 30.1. The number of cyclic esters (lactones) is 1. The highest BCUT2D eigenvalue weighted by molar-refractivity contribution is 5.88. The zero-order valence-electron chi connectivity index (χ0n) is 25.2. The van der Waals surface area contributed by atoms with Gasteiger partial charge in [-0.05, 0) is 52.0 Å². The first-order valence-corrected chi connectivity index (χ1v) is 14.7. The van der Waals surface area contributed by atoms with Crippen LogP contribution in [0.2, 0.25) is 0 Å². The van der Waals surface area contributed by atoms with E-state index in [1.807, 2.05) is 51.2 Å². The molecule has 0 aromatic rings. The van der Waals surface area contributed by atoms with Crippen LogP contribution in [0.4, 0.5) is 0 Å². The summed E-state index contributed by atoms with van der Waals surface area (Å²) in [7, 11) is 0. The number of allylic oxidation sites excluding steroid dienone is 3. The predicted molar refractivity (Wildman–Crippen MR) is 155 cm³/mol. The Bertz CT molecular complexity index is 922. The first kappa shape index (κ1) is 34.4. The first-order valence-electron chi connectivity index (χ1n) is 14.7. The molecule has 5 N–H and O–H groups in total. The van der Waals surface area contributed by atoms with E-state index in [0.29, 0.717) is 31.3 Å². The van der Waals surface area contributed by atoms with Gasteiger partial charge in [0.05, 0.1) is 30.5 Å². The van der Waals surface area contributed by atoms with Crippen molar-refractivity contribution in [3.63, 3.8) is 0 Å². The first-order chi connectivity index (χ1) is 18.7. The molecular weight excluding hydrogens is 512 g/mol. The quantitative estimate of drug-likeness (QED) is 0.163. The van der Waals surface area contributed by atoms with Crippen molar-refractivity contribution in [3.05, 3.63) is 47.6 Å². The molecule has 2 aliphatic heterocycles. The number of aliphatic hydroxyl groups is 5. The van der Waals surface area contributed by atoms with Gasteiger partial charge in [-0.2, -0.15) is 0 Å².